The van der Waals surface area contributed by atoms with Crippen LogP contribution in [0.1, 0.15) is 136 Å². The fraction of sp³-hybridized carbons (Fsp3) is 0.308. The molecule has 9 aromatic rings. The summed E-state index contributed by atoms with van der Waals surface area (Å²) in [6, 6.07) is 11.9. The number of nitrogens with two attached hydrogens (primary N) is 1. The SMILES string of the molecule is Cc1sc2nc1C(=O)N[C@@H]([C@H](OC(=O)NCC(=O)O)c1ccccc1)c1nc(cs1)C(=O)N[C@@H](Cc1ccc(O)cc1)C(=O)N1C[C@H](O)[C@H](C)[C@H]1c1nc(cs1)-c1nc(cs1)-c1nc(-c3nc(C(=O)N(CC(=O)O)C4CCC(C(=O)O)CC4)cs3)ccc1-c1nc(cs1)C(=O)N[C@H]2CC(N)=O. The minimum absolute atomic E-state index is 0.0220. The van der Waals surface area contributed by atoms with Crippen molar-refractivity contribution in [1.29, 1.82) is 0 Å². The van der Waals surface area contributed by atoms with Crippen LogP contribution < -0.4 is 27.0 Å². The van der Waals surface area contributed by atoms with Crippen molar-refractivity contribution < 1.29 is 78.2 Å². The Morgan fingerprint density at radius 1 is 0.673 bits per heavy atom. The fourth-order valence-corrected chi connectivity index (χ4v) is 17.3. The second-order valence-corrected chi connectivity index (χ2v) is 29.5. The van der Waals surface area contributed by atoms with Crippen molar-refractivity contribution in [2.45, 2.75) is 94.8 Å². The average molecular weight is 1490 g/mol. The maximum Gasteiger partial charge on any atom is 0.408 e. The third kappa shape index (κ3) is 15.8. The lowest BCUT2D eigenvalue weighted by Gasteiger charge is -2.34. The van der Waals surface area contributed by atoms with E-state index in [0.717, 1.165) is 45.3 Å². The minimum Gasteiger partial charge on any atom is -0.508 e. The van der Waals surface area contributed by atoms with Crippen LogP contribution in [-0.4, -0.2) is 167 Å². The number of pyridine rings is 1. The van der Waals surface area contributed by atoms with Crippen molar-refractivity contribution in [3.8, 4) is 49.1 Å². The van der Waals surface area contributed by atoms with Gasteiger partial charge in [0.05, 0.1) is 36.2 Å². The number of primary amides is 1. The molecule has 101 heavy (non-hydrogen) atoms. The number of hydrogen-bond acceptors (Lipinski definition) is 26. The Kier molecular flexibility index (Phi) is 21.1. The molecular weight excluding hydrogens is 1430 g/mol. The number of carboxylic acids is 3. The Hall–Kier alpha value is -10.4. The summed E-state index contributed by atoms with van der Waals surface area (Å²) in [4.78, 5) is 172. The molecule has 3 aliphatic rings. The van der Waals surface area contributed by atoms with Crippen molar-refractivity contribution in [2.75, 3.05) is 19.6 Å². The van der Waals surface area contributed by atoms with Crippen LogP contribution in [0.3, 0.4) is 0 Å². The molecule has 2 aromatic carbocycles. The summed E-state index contributed by atoms with van der Waals surface area (Å²) in [7, 11) is 0. The van der Waals surface area contributed by atoms with Crippen LogP contribution in [0, 0.1) is 18.8 Å². The predicted molar refractivity (Wildman–Crippen MR) is 368 cm³/mol. The van der Waals surface area contributed by atoms with Crippen molar-refractivity contribution in [3.63, 3.8) is 0 Å². The summed E-state index contributed by atoms with van der Waals surface area (Å²) >= 11 is 6.36. The highest BCUT2D eigenvalue weighted by molar-refractivity contribution is 7.15. The number of thiazole rings is 6. The van der Waals surface area contributed by atoms with Crippen molar-refractivity contribution in [1.82, 2.24) is 66.0 Å². The van der Waals surface area contributed by atoms with Gasteiger partial charge >= 0.3 is 24.0 Å². The van der Waals surface area contributed by atoms with Gasteiger partial charge < -0.3 is 67.1 Å². The van der Waals surface area contributed by atoms with E-state index in [-0.39, 0.29) is 109 Å². The molecule has 2 aliphatic heterocycles. The maximum absolute atomic E-state index is 15.4. The van der Waals surface area contributed by atoms with E-state index in [2.05, 4.69) is 36.2 Å². The molecule has 36 heteroatoms. The lowest BCUT2D eigenvalue weighted by Crippen LogP contribution is -2.50. The molecule has 10 bridgehead atoms. The number of aromatic nitrogens is 7. The molecule has 7 aromatic heterocycles. The third-order valence-electron chi connectivity index (χ3n) is 17.1. The molecule has 11 N–H and O–H groups in total. The largest absolute Gasteiger partial charge is 0.508 e. The standard InChI is InChI=1S/C65H60N14O16S6/c1-28-44(81)21-79-51(28)61-74-42(26-100-61)58-71-39(23-97-58)49-35(16-17-36(68-49)57-75-43(27-98-57)63(91)78(22-47(85)86)33-12-10-32(11-13-33)64(92)93)56-72-40(24-96-56)53(87)69-37(19-45(66)82)59-77-48(29(2)101-59)55(89)76-50(52(31-6-4-3-5-7-31)95-65(94)67-20-46(83)84)60-73-41(25-99-60)54(88)70-38(62(79)90)18-30-8-14-34(80)15-9-30/h3-9,14-17,23-28,32-33,37-38,44,50-52,80-81H,10-13,18-22H2,1-2H3,(H2,66,82)(H,67,94)(H,69,87)(H,70,88)(H,76,89)(H,83,84)(H,85,86)(H,92,93)/t28-,32?,33?,37-,38-,44-,50-,51-,52+/m0/s1. The molecule has 0 spiro atoms. The van der Waals surface area contributed by atoms with Crippen LogP contribution in [0.25, 0.3) is 43.4 Å². The minimum atomic E-state index is -1.50. The fourth-order valence-electron chi connectivity index (χ4n) is 12.0. The van der Waals surface area contributed by atoms with Crippen LogP contribution in [-0.2, 0) is 35.1 Å². The number of carboxylic acid groups (broad SMARTS) is 3. The Labute approximate surface area is 596 Å². The number of aliphatic carboxylic acids is 3. The van der Waals surface area contributed by atoms with Gasteiger partial charge in [0.1, 0.15) is 101 Å². The number of phenolic OH excluding ortho intramolecular Hbond substituents is 1. The number of carbonyl (C=O) groups is 10. The zero-order chi connectivity index (χ0) is 71.5. The number of benzene rings is 2. The van der Waals surface area contributed by atoms with Gasteiger partial charge in [-0.05, 0) is 68.0 Å². The molecule has 1 saturated carbocycles. The number of rotatable bonds is 15. The Balaban J connectivity index is 0.950. The van der Waals surface area contributed by atoms with E-state index in [0.29, 0.717) is 32.5 Å². The van der Waals surface area contributed by atoms with Crippen LogP contribution in [0.5, 0.6) is 5.75 Å². The van der Waals surface area contributed by atoms with Crippen molar-refractivity contribution in [3.05, 3.63) is 147 Å². The number of amides is 7. The number of aliphatic hydroxyl groups is 1. The number of aliphatic hydroxyl groups excluding tert-OH is 1. The lowest BCUT2D eigenvalue weighted by atomic mass is 9.85. The topological polar surface area (TPSA) is 452 Å². The van der Waals surface area contributed by atoms with Crippen LogP contribution >= 0.6 is 68.0 Å². The van der Waals surface area contributed by atoms with Gasteiger partial charge in [-0.15, -0.1) is 68.0 Å². The normalized spacial score (nSPS) is 20.5. The Morgan fingerprint density at radius 2 is 1.32 bits per heavy atom. The van der Waals surface area contributed by atoms with E-state index >= 15 is 4.79 Å². The summed E-state index contributed by atoms with van der Waals surface area (Å²) in [6.45, 7) is 1.66. The summed E-state index contributed by atoms with van der Waals surface area (Å²) in [5.41, 5.74) is 7.50. The molecule has 1 saturated heterocycles. The Bertz CT molecular complexity index is 4680. The number of ether oxygens (including phenoxy) is 1. The number of alkyl carbamates (subject to hydrolysis) is 1. The third-order valence-corrected chi connectivity index (χ3v) is 22.6. The zero-order valence-corrected chi connectivity index (χ0v) is 58.0. The van der Waals surface area contributed by atoms with E-state index in [1.807, 2.05) is 0 Å². The number of nitrogens with one attached hydrogen (secondary N) is 4. The highest BCUT2D eigenvalue weighted by Crippen LogP contribution is 2.44. The monoisotopic (exact) mass is 1480 g/mol. The van der Waals surface area contributed by atoms with Gasteiger partial charge in [0.2, 0.25) is 11.8 Å². The molecular formula is C65H60N14O16S6. The van der Waals surface area contributed by atoms with Gasteiger partial charge in [0.25, 0.3) is 23.6 Å². The van der Waals surface area contributed by atoms with Gasteiger partial charge in [-0.3, -0.25) is 43.2 Å². The van der Waals surface area contributed by atoms with E-state index in [9.17, 15) is 68.7 Å². The molecule has 30 nitrogen and oxygen atoms in total. The number of fused-ring (bicyclic) bond motifs is 16. The van der Waals surface area contributed by atoms with Gasteiger partial charge in [-0.25, -0.2) is 39.7 Å². The van der Waals surface area contributed by atoms with Crippen LogP contribution in [0.2, 0.25) is 0 Å². The average Bonchev–Trinajstić information content (AvgIpc) is 1.65. The molecule has 0 unspecified atom stereocenters. The zero-order valence-electron chi connectivity index (χ0n) is 53.1. The molecule has 9 heterocycles. The van der Waals surface area contributed by atoms with Gasteiger partial charge in [-0.2, -0.15) is 0 Å². The molecule has 0 radical (unpaired) electrons. The van der Waals surface area contributed by atoms with E-state index in [4.69, 9.17) is 30.4 Å². The van der Waals surface area contributed by atoms with E-state index < -0.39 is 133 Å². The number of phenols is 1. The first-order chi connectivity index (χ1) is 48.4. The number of nitrogens with zero attached hydrogens (tertiary/aromatic N) is 9. The number of carbonyl (C=O) groups excluding carboxylic acids is 7. The van der Waals surface area contributed by atoms with Crippen molar-refractivity contribution in [2.24, 2.45) is 17.6 Å². The second-order valence-electron chi connectivity index (χ2n) is 23.9. The molecule has 12 rings (SSSR count). The summed E-state index contributed by atoms with van der Waals surface area (Å²) in [5, 5.41) is 70.6. The van der Waals surface area contributed by atoms with E-state index in [1.54, 1.807) is 79.2 Å². The first kappa shape index (κ1) is 70.5. The quantitative estimate of drug-likeness (QED) is 0.0482. The molecule has 2 fully saturated rings. The number of aromatic hydroxyl groups is 1. The molecule has 7 amide bonds. The van der Waals surface area contributed by atoms with Gasteiger partial charge in [0.15, 0.2) is 6.10 Å². The van der Waals surface area contributed by atoms with Crippen LogP contribution in [0.15, 0.2) is 93.6 Å². The Morgan fingerprint density at radius 3 is 2.03 bits per heavy atom. The summed E-state index contributed by atoms with van der Waals surface area (Å²) in [5.74, 6) is -9.56. The molecule has 7 atom stereocenters. The van der Waals surface area contributed by atoms with Gasteiger partial charge in [0, 0.05) is 62.3 Å². The number of aryl methyl sites for hydroxylation is 1. The first-order valence-electron chi connectivity index (χ1n) is 31.1. The molecule has 522 valence electrons. The highest BCUT2D eigenvalue weighted by atomic mass is 32.1. The smallest absolute Gasteiger partial charge is 0.408 e. The first-order valence-corrected chi connectivity index (χ1v) is 36.4. The summed E-state index contributed by atoms with van der Waals surface area (Å²) in [6.07, 6.45) is -3.32. The predicted octanol–water partition coefficient (Wildman–Crippen LogP) is 7.28. The summed E-state index contributed by atoms with van der Waals surface area (Å²) < 4.78 is 5.91. The van der Waals surface area contributed by atoms with Crippen LogP contribution in [0.4, 0.5) is 4.79 Å². The lowest BCUT2D eigenvalue weighted by molar-refractivity contribution is -0.144. The van der Waals surface area contributed by atoms with Gasteiger partial charge in [-0.1, -0.05) is 49.4 Å². The van der Waals surface area contributed by atoms with E-state index in [1.165, 1.54) is 60.7 Å². The maximum atomic E-state index is 15.4. The van der Waals surface area contributed by atoms with Crippen molar-refractivity contribution >= 4 is 127 Å². The highest BCUT2D eigenvalue weighted by Gasteiger charge is 2.46. The number of hydrogen-bond donors (Lipinski definition) is 10. The second kappa shape index (κ2) is 30.2. The molecule has 1 aliphatic carbocycles.